The van der Waals surface area contributed by atoms with E-state index in [1.54, 1.807) is 0 Å². The Morgan fingerprint density at radius 2 is 1.80 bits per heavy atom. The first-order valence-corrected chi connectivity index (χ1v) is 7.08. The molecular formula is C16H25ClN2O. The van der Waals surface area contributed by atoms with Gasteiger partial charge in [-0.1, -0.05) is 44.2 Å². The lowest BCUT2D eigenvalue weighted by molar-refractivity contribution is -0.141. The Bertz CT molecular complexity index is 425. The van der Waals surface area contributed by atoms with Crippen LogP contribution in [-0.2, 0) is 11.2 Å². The van der Waals surface area contributed by atoms with Gasteiger partial charge in [-0.25, -0.2) is 0 Å². The van der Waals surface area contributed by atoms with Crippen molar-refractivity contribution in [3.8, 4) is 0 Å². The number of carbonyl (C=O) groups is 1. The molecule has 1 aromatic carbocycles. The van der Waals surface area contributed by atoms with Gasteiger partial charge in [-0.2, -0.15) is 0 Å². The van der Waals surface area contributed by atoms with Gasteiger partial charge in [0.15, 0.2) is 0 Å². The first kappa shape index (κ1) is 17.0. The summed E-state index contributed by atoms with van der Waals surface area (Å²) in [7, 11) is 0. The molecule has 1 aromatic rings. The van der Waals surface area contributed by atoms with Gasteiger partial charge in [-0.05, 0) is 24.8 Å². The number of benzene rings is 1. The van der Waals surface area contributed by atoms with Crippen LogP contribution in [0, 0.1) is 5.41 Å². The standard InChI is InChI=1S/C16H24N2O.ClH/c1-16(2,12-13-6-4-3-5-7-13)15(19)18-10-8-14(17)9-11-18;/h3-7,14H,8-12,17H2,1-2H3;1H. The van der Waals surface area contributed by atoms with E-state index in [4.69, 9.17) is 5.73 Å². The average Bonchev–Trinajstić information content (AvgIpc) is 2.39. The zero-order chi connectivity index (χ0) is 13.9. The number of hydrogen-bond donors (Lipinski definition) is 1. The lowest BCUT2D eigenvalue weighted by Gasteiger charge is -2.36. The van der Waals surface area contributed by atoms with Crippen molar-refractivity contribution in [2.45, 2.75) is 39.2 Å². The maximum atomic E-state index is 12.6. The summed E-state index contributed by atoms with van der Waals surface area (Å²) >= 11 is 0. The van der Waals surface area contributed by atoms with Crippen LogP contribution in [0.3, 0.4) is 0 Å². The van der Waals surface area contributed by atoms with E-state index in [0.717, 1.165) is 32.4 Å². The van der Waals surface area contributed by atoms with Crippen LogP contribution >= 0.6 is 12.4 Å². The quantitative estimate of drug-likeness (QED) is 0.932. The average molecular weight is 297 g/mol. The minimum atomic E-state index is -0.344. The third-order valence-corrected chi connectivity index (χ3v) is 3.89. The van der Waals surface area contributed by atoms with Gasteiger partial charge in [0.05, 0.1) is 0 Å². The van der Waals surface area contributed by atoms with Gasteiger partial charge in [0.25, 0.3) is 0 Å². The van der Waals surface area contributed by atoms with Crippen molar-refractivity contribution in [2.75, 3.05) is 13.1 Å². The summed E-state index contributed by atoms with van der Waals surface area (Å²) in [6.07, 6.45) is 2.63. The van der Waals surface area contributed by atoms with E-state index in [0.29, 0.717) is 0 Å². The number of amides is 1. The number of nitrogens with two attached hydrogens (primary N) is 1. The first-order chi connectivity index (χ1) is 8.99. The van der Waals surface area contributed by atoms with Crippen molar-refractivity contribution in [2.24, 2.45) is 11.1 Å². The highest BCUT2D eigenvalue weighted by atomic mass is 35.5. The lowest BCUT2D eigenvalue weighted by atomic mass is 9.83. The second-order valence-corrected chi connectivity index (χ2v) is 6.18. The number of halogens is 1. The predicted molar refractivity (Wildman–Crippen MR) is 85.0 cm³/mol. The minimum absolute atomic E-state index is 0. The zero-order valence-electron chi connectivity index (χ0n) is 12.3. The van der Waals surface area contributed by atoms with Crippen molar-refractivity contribution >= 4 is 18.3 Å². The number of nitrogens with zero attached hydrogens (tertiary/aromatic N) is 1. The lowest BCUT2D eigenvalue weighted by Crippen LogP contribution is -2.48. The minimum Gasteiger partial charge on any atom is -0.342 e. The molecular weight excluding hydrogens is 272 g/mol. The third kappa shape index (κ3) is 4.22. The molecule has 1 aliphatic rings. The third-order valence-electron chi connectivity index (χ3n) is 3.89. The Labute approximate surface area is 127 Å². The molecule has 0 aromatic heterocycles. The summed E-state index contributed by atoms with van der Waals surface area (Å²) in [5.41, 5.74) is 6.76. The largest absolute Gasteiger partial charge is 0.342 e. The van der Waals surface area contributed by atoms with Gasteiger partial charge < -0.3 is 10.6 Å². The Kier molecular flexibility index (Phi) is 6.03. The molecule has 0 saturated carbocycles. The molecule has 1 aliphatic heterocycles. The molecule has 2 N–H and O–H groups in total. The molecule has 0 spiro atoms. The van der Waals surface area contributed by atoms with Gasteiger partial charge >= 0.3 is 0 Å². The van der Waals surface area contributed by atoms with Crippen molar-refractivity contribution in [1.29, 1.82) is 0 Å². The number of hydrogen-bond acceptors (Lipinski definition) is 2. The summed E-state index contributed by atoms with van der Waals surface area (Å²) in [5, 5.41) is 0. The molecule has 0 bridgehead atoms. The molecule has 1 saturated heterocycles. The van der Waals surface area contributed by atoms with Gasteiger partial charge in [-0.3, -0.25) is 4.79 Å². The Hall–Kier alpha value is -1.06. The van der Waals surface area contributed by atoms with E-state index in [2.05, 4.69) is 12.1 Å². The maximum absolute atomic E-state index is 12.6. The molecule has 0 unspecified atom stereocenters. The van der Waals surface area contributed by atoms with Gasteiger partial charge in [-0.15, -0.1) is 12.4 Å². The van der Waals surface area contributed by atoms with Crippen LogP contribution in [0.2, 0.25) is 0 Å². The Morgan fingerprint density at radius 1 is 1.25 bits per heavy atom. The second-order valence-electron chi connectivity index (χ2n) is 6.18. The highest BCUT2D eigenvalue weighted by molar-refractivity contribution is 5.85. The van der Waals surface area contributed by atoms with E-state index in [-0.39, 0.29) is 29.8 Å². The summed E-state index contributed by atoms with van der Waals surface area (Å²) in [6, 6.07) is 10.5. The van der Waals surface area contributed by atoms with E-state index in [9.17, 15) is 4.79 Å². The SMILES string of the molecule is CC(C)(Cc1ccccc1)C(=O)N1CCC(N)CC1.Cl. The Morgan fingerprint density at radius 3 is 2.35 bits per heavy atom. The van der Waals surface area contributed by atoms with Gasteiger partial charge in [0.2, 0.25) is 5.91 Å². The molecule has 20 heavy (non-hydrogen) atoms. The van der Waals surface area contributed by atoms with Crippen LogP contribution in [0.1, 0.15) is 32.3 Å². The van der Waals surface area contributed by atoms with Crippen LogP contribution in [0.15, 0.2) is 30.3 Å². The predicted octanol–water partition coefficient (Wildman–Crippen LogP) is 2.63. The van der Waals surface area contributed by atoms with Crippen LogP contribution in [-0.4, -0.2) is 29.9 Å². The zero-order valence-corrected chi connectivity index (χ0v) is 13.2. The van der Waals surface area contributed by atoms with Crippen molar-refractivity contribution in [3.05, 3.63) is 35.9 Å². The van der Waals surface area contributed by atoms with E-state index in [1.807, 2.05) is 36.9 Å². The highest BCUT2D eigenvalue weighted by Crippen LogP contribution is 2.26. The first-order valence-electron chi connectivity index (χ1n) is 7.08. The maximum Gasteiger partial charge on any atom is 0.228 e. The smallest absolute Gasteiger partial charge is 0.228 e. The summed E-state index contributed by atoms with van der Waals surface area (Å²) < 4.78 is 0. The number of piperidine rings is 1. The fraction of sp³-hybridized carbons (Fsp3) is 0.562. The number of likely N-dealkylation sites (tertiary alicyclic amines) is 1. The van der Waals surface area contributed by atoms with Crippen molar-refractivity contribution < 1.29 is 4.79 Å². The molecule has 1 amide bonds. The molecule has 2 rings (SSSR count). The Balaban J connectivity index is 0.00000200. The normalized spacial score (nSPS) is 16.6. The van der Waals surface area contributed by atoms with E-state index < -0.39 is 0 Å². The van der Waals surface area contributed by atoms with Crippen LogP contribution < -0.4 is 5.73 Å². The molecule has 112 valence electrons. The van der Waals surface area contributed by atoms with Crippen molar-refractivity contribution in [3.63, 3.8) is 0 Å². The summed E-state index contributed by atoms with van der Waals surface area (Å²) in [4.78, 5) is 14.6. The molecule has 0 aliphatic carbocycles. The number of carbonyl (C=O) groups excluding carboxylic acids is 1. The van der Waals surface area contributed by atoms with Crippen LogP contribution in [0.25, 0.3) is 0 Å². The second kappa shape index (κ2) is 7.09. The highest BCUT2D eigenvalue weighted by Gasteiger charge is 2.33. The summed E-state index contributed by atoms with van der Waals surface area (Å²) in [5.74, 6) is 0.253. The molecule has 4 heteroatoms. The number of rotatable bonds is 3. The molecule has 1 heterocycles. The molecule has 0 radical (unpaired) electrons. The molecule has 1 fully saturated rings. The van der Waals surface area contributed by atoms with E-state index in [1.165, 1.54) is 5.56 Å². The fourth-order valence-electron chi connectivity index (χ4n) is 2.71. The molecule has 0 atom stereocenters. The van der Waals surface area contributed by atoms with Gasteiger partial charge in [0, 0.05) is 24.5 Å². The van der Waals surface area contributed by atoms with Crippen molar-refractivity contribution in [1.82, 2.24) is 4.90 Å². The van der Waals surface area contributed by atoms with Gasteiger partial charge in [0.1, 0.15) is 0 Å². The summed E-state index contributed by atoms with van der Waals surface area (Å²) in [6.45, 7) is 5.68. The van der Waals surface area contributed by atoms with Crippen LogP contribution in [0.5, 0.6) is 0 Å². The fourth-order valence-corrected chi connectivity index (χ4v) is 2.71. The van der Waals surface area contributed by atoms with Crippen LogP contribution in [0.4, 0.5) is 0 Å². The topological polar surface area (TPSA) is 46.3 Å². The van der Waals surface area contributed by atoms with E-state index >= 15 is 0 Å². The monoisotopic (exact) mass is 296 g/mol. The molecule has 3 nitrogen and oxygen atoms in total.